The zero-order valence-corrected chi connectivity index (χ0v) is 27.7. The van der Waals surface area contributed by atoms with Gasteiger partial charge in [0.1, 0.15) is 5.78 Å². The van der Waals surface area contributed by atoms with E-state index in [1.807, 2.05) is 0 Å². The molecule has 0 atom stereocenters. The molecule has 1 aliphatic heterocycles. The summed E-state index contributed by atoms with van der Waals surface area (Å²) in [7, 11) is -17.2. The van der Waals surface area contributed by atoms with Gasteiger partial charge in [0.05, 0.1) is 6.42 Å². The van der Waals surface area contributed by atoms with Gasteiger partial charge in [0.2, 0.25) is 0 Å². The Bertz CT molecular complexity index is 1550. The predicted octanol–water partition coefficient (Wildman–Crippen LogP) is 11.8. The molecule has 0 bridgehead atoms. The number of aryl methyl sites for hydroxylation is 3. The van der Waals surface area contributed by atoms with Gasteiger partial charge in [-0.05, 0) is 49.6 Å². The molecule has 18 heteroatoms. The number of aromatic nitrogens is 2. The summed E-state index contributed by atoms with van der Waals surface area (Å²) in [6, 6.07) is 17.6. The third kappa shape index (κ3) is 24.3. The normalized spacial score (nSPS) is 15.7. The Hall–Kier alpha value is -3.51. The van der Waals surface area contributed by atoms with Gasteiger partial charge >= 0.3 is 66.0 Å². The number of hydrogen-bond donors (Lipinski definition) is 0. The molecule has 4 nitrogen and oxygen atoms in total. The summed E-state index contributed by atoms with van der Waals surface area (Å²) in [4.78, 5) is 11.6. The molecule has 0 saturated heterocycles. The summed E-state index contributed by atoms with van der Waals surface area (Å²) in [5.41, 5.74) is 7.53. The quantitative estimate of drug-likeness (QED) is 0.116. The first-order valence-electron chi connectivity index (χ1n) is 13.5. The molecule has 0 saturated carbocycles. The van der Waals surface area contributed by atoms with Crippen molar-refractivity contribution in [3.63, 3.8) is 0 Å². The second-order valence-electron chi connectivity index (χ2n) is 10.7. The van der Waals surface area contributed by atoms with Crippen LogP contribution >= 0.6 is 15.6 Å². The summed E-state index contributed by atoms with van der Waals surface area (Å²) in [5.74, 6) is 0.167. The number of ketones is 1. The van der Waals surface area contributed by atoms with Crippen molar-refractivity contribution in [2.24, 2.45) is 0 Å². The Morgan fingerprint density at radius 3 is 1.47 bits per heavy atom. The molecule has 3 aromatic rings. The topological polar surface area (TPSA) is 28.1 Å². The maximum atomic E-state index is 9.87. The molecule has 47 heavy (non-hydrogen) atoms. The molecule has 3 heterocycles. The molecule has 0 amide bonds. The second-order valence-corrected chi connectivity index (χ2v) is 14.5. The second kappa shape index (κ2) is 13.5. The average Bonchev–Trinajstić information content (AvgIpc) is 3.01. The summed E-state index contributed by atoms with van der Waals surface area (Å²) in [5, 5.41) is 0. The van der Waals surface area contributed by atoms with Crippen molar-refractivity contribution in [1.29, 1.82) is 0 Å². The van der Waals surface area contributed by atoms with Crippen LogP contribution in [0.2, 0.25) is 0 Å². The maximum absolute atomic E-state index is 10.7. The summed E-state index contributed by atoms with van der Waals surface area (Å²) in [6.07, 6.45) is 14.1. The average molecular weight is 732 g/mol. The standard InChI is InChI=1S/C26H29N3.C3H6O.2F6P/c1-21-13-17-28-15-6-16-29-18-14-23(20-26(29)25(28)19-21)8-5-4-7-22-9-11-24(12-10-22)27(2)3;1-3(2)4;2*1-7(2,3,4,5)6/h4-5,7-14,17-20H,6,15-16H2,1-3H3;1-2H3;;/q+2;;2*-1. The number of Topliss-reactive ketones (excluding diaryl/α,β-unsaturated/α-hetero) is 1. The van der Waals surface area contributed by atoms with Crippen molar-refractivity contribution < 1.29 is 64.3 Å². The SMILES string of the molecule is CC(C)=O.Cc1cc[n+]2c(c1)-c1cc(/C=C/C=C/c3ccc(N(C)C)cc3)cc[n+]1CCC2.F[P-](F)(F)(F)(F)F.F[P-](F)(F)(F)(F)F. The van der Waals surface area contributed by atoms with Gasteiger partial charge < -0.3 is 9.69 Å². The molecule has 0 radical (unpaired) electrons. The zero-order valence-electron chi connectivity index (χ0n) is 25.9. The van der Waals surface area contributed by atoms with E-state index in [1.165, 1.54) is 47.6 Å². The third-order valence-electron chi connectivity index (χ3n) is 5.41. The van der Waals surface area contributed by atoms with E-state index in [0.717, 1.165) is 19.5 Å². The number of carbonyl (C=O) groups is 1. The fraction of sp³-hybridized carbons (Fsp3) is 0.276. The molecule has 0 aliphatic carbocycles. The van der Waals surface area contributed by atoms with E-state index in [2.05, 4.69) is 120 Å². The fourth-order valence-electron chi connectivity index (χ4n) is 3.74. The Morgan fingerprint density at radius 2 is 1.04 bits per heavy atom. The molecule has 1 aliphatic rings. The molecule has 1 aromatic carbocycles. The number of benzene rings is 1. The Kier molecular flexibility index (Phi) is 12.0. The van der Waals surface area contributed by atoms with Crippen molar-refractivity contribution >= 4 is 39.2 Å². The van der Waals surface area contributed by atoms with Crippen LogP contribution in [0.4, 0.5) is 56.1 Å². The molecule has 0 spiro atoms. The number of pyridine rings is 2. The van der Waals surface area contributed by atoms with Crippen molar-refractivity contribution in [2.45, 2.75) is 40.3 Å². The molecule has 2 aromatic heterocycles. The van der Waals surface area contributed by atoms with Crippen LogP contribution in [0.1, 0.15) is 37.0 Å². The number of allylic oxidation sites excluding steroid dienone is 2. The van der Waals surface area contributed by atoms with Crippen LogP contribution in [-0.2, 0) is 17.9 Å². The molecule has 266 valence electrons. The molecule has 0 N–H and O–H groups in total. The van der Waals surface area contributed by atoms with E-state index in [9.17, 15) is 55.2 Å². The molecule has 0 fully saturated rings. The van der Waals surface area contributed by atoms with Crippen LogP contribution < -0.4 is 14.0 Å². The molecular weight excluding hydrogens is 696 g/mol. The van der Waals surface area contributed by atoms with E-state index in [0.29, 0.717) is 0 Å². The van der Waals surface area contributed by atoms with Crippen LogP contribution in [0.5, 0.6) is 0 Å². The number of rotatable bonds is 4. The van der Waals surface area contributed by atoms with Gasteiger partial charge in [-0.3, -0.25) is 0 Å². The zero-order chi connectivity index (χ0) is 36.6. The summed E-state index contributed by atoms with van der Waals surface area (Å²) >= 11 is 0. The van der Waals surface area contributed by atoms with Crippen LogP contribution in [0.15, 0.2) is 73.1 Å². The van der Waals surface area contributed by atoms with Gasteiger partial charge in [0.15, 0.2) is 25.5 Å². The third-order valence-corrected chi connectivity index (χ3v) is 5.41. The number of nitrogens with zero attached hydrogens (tertiary/aromatic N) is 3. The van der Waals surface area contributed by atoms with Crippen molar-refractivity contribution in [3.05, 3.63) is 89.8 Å². The summed E-state index contributed by atoms with van der Waals surface area (Å²) < 4.78 is 123. The summed E-state index contributed by atoms with van der Waals surface area (Å²) in [6.45, 7) is 7.34. The van der Waals surface area contributed by atoms with Crippen molar-refractivity contribution in [2.75, 3.05) is 19.0 Å². The fourth-order valence-corrected chi connectivity index (χ4v) is 3.74. The van der Waals surface area contributed by atoms with Crippen molar-refractivity contribution in [3.8, 4) is 11.4 Å². The van der Waals surface area contributed by atoms with E-state index < -0.39 is 15.6 Å². The Labute approximate surface area is 264 Å². The number of fused-ring (bicyclic) bond motifs is 3. The molecule has 0 unspecified atom stereocenters. The minimum absolute atomic E-state index is 0.167. The number of halogens is 12. The van der Waals surface area contributed by atoms with Gasteiger partial charge in [0, 0.05) is 44.0 Å². The van der Waals surface area contributed by atoms with Gasteiger partial charge in [0.25, 0.3) is 11.4 Å². The monoisotopic (exact) mass is 731 g/mol. The number of anilines is 1. The number of hydrogen-bond acceptors (Lipinski definition) is 2. The Balaban J connectivity index is 0.000000505. The number of carbonyl (C=O) groups excluding carboxylic acids is 1. The molecule has 4 rings (SSSR count). The van der Waals surface area contributed by atoms with Gasteiger partial charge in [-0.15, -0.1) is 0 Å². The van der Waals surface area contributed by atoms with E-state index in [-0.39, 0.29) is 5.78 Å². The van der Waals surface area contributed by atoms with Crippen LogP contribution in [-0.4, -0.2) is 19.9 Å². The predicted molar refractivity (Wildman–Crippen MR) is 164 cm³/mol. The van der Waals surface area contributed by atoms with Crippen LogP contribution in [0.25, 0.3) is 23.5 Å². The van der Waals surface area contributed by atoms with Crippen molar-refractivity contribution in [1.82, 2.24) is 0 Å². The van der Waals surface area contributed by atoms with Gasteiger partial charge in [-0.1, -0.05) is 36.4 Å². The van der Waals surface area contributed by atoms with Crippen LogP contribution in [0.3, 0.4) is 0 Å². The first kappa shape index (κ1) is 41.5. The van der Waals surface area contributed by atoms with Crippen LogP contribution in [0, 0.1) is 6.92 Å². The molecular formula is C29H35F12N3OP2. The van der Waals surface area contributed by atoms with E-state index in [4.69, 9.17) is 0 Å². The minimum atomic E-state index is -10.7. The first-order valence-corrected chi connectivity index (χ1v) is 17.6. The van der Waals surface area contributed by atoms with E-state index in [1.54, 1.807) is 0 Å². The van der Waals surface area contributed by atoms with E-state index >= 15 is 0 Å². The Morgan fingerprint density at radius 1 is 0.660 bits per heavy atom. The van der Waals surface area contributed by atoms with Gasteiger partial charge in [-0.25, -0.2) is 0 Å². The first-order chi connectivity index (χ1) is 20.7. The van der Waals surface area contributed by atoms with Gasteiger partial charge in [-0.2, -0.15) is 9.13 Å².